The van der Waals surface area contributed by atoms with Gasteiger partial charge in [-0.1, -0.05) is 109 Å². The van der Waals surface area contributed by atoms with Gasteiger partial charge in [-0.05, 0) is 72.8 Å². The summed E-state index contributed by atoms with van der Waals surface area (Å²) < 4.78 is 2.34. The topological polar surface area (TPSA) is 69.2 Å². The van der Waals surface area contributed by atoms with Crippen molar-refractivity contribution in [2.75, 3.05) is 42.3 Å². The molecule has 0 aliphatic carbocycles. The van der Waals surface area contributed by atoms with Gasteiger partial charge < -0.3 is 23.3 Å². The molecular formula is C42H48N3O3P. The van der Waals surface area contributed by atoms with E-state index >= 15 is 0 Å². The summed E-state index contributed by atoms with van der Waals surface area (Å²) in [6, 6.07) is 63.2. The number of benzene rings is 6. The van der Waals surface area contributed by atoms with Crippen LogP contribution in [0.5, 0.6) is 0 Å². The van der Waals surface area contributed by atoms with Gasteiger partial charge in [0.15, 0.2) is 0 Å². The van der Waals surface area contributed by atoms with Crippen LogP contribution in [0.2, 0.25) is 0 Å². The normalized spacial score (nSPS) is 11.1. The summed E-state index contributed by atoms with van der Waals surface area (Å²) in [5.74, 6) is 0. The number of quaternary nitrogens is 3. The molecule has 6 nitrogen and oxygen atoms in total. The fourth-order valence-corrected chi connectivity index (χ4v) is 5.25. The average molecular weight is 674 g/mol. The predicted octanol–water partition coefficient (Wildman–Crippen LogP) is 8.05. The summed E-state index contributed by atoms with van der Waals surface area (Å²) in [7, 11) is 9.82. The van der Waals surface area contributed by atoms with Crippen molar-refractivity contribution in [1.29, 1.82) is 0 Å². The molecule has 0 amide bonds. The van der Waals surface area contributed by atoms with Crippen LogP contribution in [0.4, 0.5) is 34.1 Å². The third-order valence-corrected chi connectivity index (χ3v) is 8.41. The molecule has 6 rings (SSSR count). The molecule has 0 aliphatic rings. The van der Waals surface area contributed by atoms with Crippen LogP contribution in [0.3, 0.4) is 0 Å². The van der Waals surface area contributed by atoms with E-state index in [4.69, 9.17) is 14.7 Å². The molecule has 0 heterocycles. The first-order chi connectivity index (χ1) is 23.4. The predicted molar refractivity (Wildman–Crippen MR) is 205 cm³/mol. The van der Waals surface area contributed by atoms with Crippen molar-refractivity contribution in [3.63, 3.8) is 0 Å². The Kier molecular flexibility index (Phi) is 15.0. The van der Waals surface area contributed by atoms with Gasteiger partial charge in [0.2, 0.25) is 0 Å². The molecule has 0 aliphatic heterocycles. The Balaban J connectivity index is 0.000000188. The molecule has 0 fully saturated rings. The Labute approximate surface area is 294 Å². The maximum atomic E-state index is 8.48. The zero-order chi connectivity index (χ0) is 35.8. The van der Waals surface area contributed by atoms with E-state index in [0.717, 1.165) is 13.4 Å². The number of hydrogen-bond acceptors (Lipinski definition) is 3. The van der Waals surface area contributed by atoms with Gasteiger partial charge in [-0.15, -0.1) is 0 Å². The Bertz CT molecular complexity index is 1400. The van der Waals surface area contributed by atoms with Gasteiger partial charge in [0, 0.05) is 0 Å². The third kappa shape index (κ3) is 11.9. The van der Waals surface area contributed by atoms with E-state index in [2.05, 4.69) is 224 Å². The first-order valence-corrected chi connectivity index (χ1v) is 17.1. The van der Waals surface area contributed by atoms with Crippen molar-refractivity contribution in [1.82, 2.24) is 13.4 Å². The second-order valence-electron chi connectivity index (χ2n) is 12.6. The molecule has 0 N–H and O–H groups in total. The van der Waals surface area contributed by atoms with Crippen LogP contribution in [-0.2, 0) is 0 Å². The Morgan fingerprint density at radius 2 is 0.367 bits per heavy atom. The van der Waals surface area contributed by atoms with Crippen molar-refractivity contribution < 1.29 is 14.7 Å². The molecule has 254 valence electrons. The number of para-hydroxylation sites is 6. The van der Waals surface area contributed by atoms with E-state index in [0.29, 0.717) is 0 Å². The van der Waals surface area contributed by atoms with Crippen LogP contribution in [0.1, 0.15) is 0 Å². The molecule has 0 atom stereocenters. The zero-order valence-electron chi connectivity index (χ0n) is 29.3. The number of nitrogens with zero attached hydrogens (tertiary/aromatic N) is 3. The van der Waals surface area contributed by atoms with Crippen LogP contribution in [0.25, 0.3) is 0 Å². The Morgan fingerprint density at radius 1 is 0.265 bits per heavy atom. The lowest BCUT2D eigenvalue weighted by Gasteiger charge is -2.39. The van der Waals surface area contributed by atoms with Gasteiger partial charge in [0.25, 0.3) is 0 Å². The maximum absolute atomic E-state index is 8.48. The Hall–Kier alpha value is -4.49. The third-order valence-electron chi connectivity index (χ3n) is 8.41. The minimum absolute atomic E-state index is 0.779. The first kappa shape index (κ1) is 39.0. The quantitative estimate of drug-likeness (QED) is 0.133. The van der Waals surface area contributed by atoms with Crippen LogP contribution in [0, 0.1) is 0 Å². The molecule has 0 aromatic heterocycles. The smallest absolute Gasteiger partial charge is 0.137 e. The lowest BCUT2D eigenvalue weighted by molar-refractivity contribution is -0.407. The highest BCUT2D eigenvalue weighted by Gasteiger charge is 2.23. The van der Waals surface area contributed by atoms with E-state index in [1.54, 1.807) is 0 Å². The molecule has 0 saturated carbocycles. The highest BCUT2D eigenvalue weighted by Crippen LogP contribution is 2.31. The molecule has 6 aromatic carbocycles. The van der Waals surface area contributed by atoms with Gasteiger partial charge in [-0.25, -0.2) is 0 Å². The SMILES string of the molecule is C[N+](C)(c1ccccc1)c1ccccc1.C[N+](C)(c1ccccc1)c1ccccc1.C[N+](C)(c1ccccc1)c1ccccc1.[O-]P([O-])[O-]. The fraction of sp³-hybridized carbons (Fsp3) is 0.143. The molecule has 0 spiro atoms. The van der Waals surface area contributed by atoms with Crippen molar-refractivity contribution in [2.24, 2.45) is 0 Å². The lowest BCUT2D eigenvalue weighted by atomic mass is 10.2. The van der Waals surface area contributed by atoms with Crippen LogP contribution < -0.4 is 28.1 Å². The van der Waals surface area contributed by atoms with Gasteiger partial charge in [0.05, 0.1) is 42.3 Å². The van der Waals surface area contributed by atoms with E-state index < -0.39 is 8.60 Å². The van der Waals surface area contributed by atoms with Gasteiger partial charge in [-0.3, -0.25) is 13.4 Å². The van der Waals surface area contributed by atoms with Crippen molar-refractivity contribution in [2.45, 2.75) is 0 Å². The lowest BCUT2D eigenvalue weighted by Crippen LogP contribution is -2.33. The molecule has 0 unspecified atom stereocenters. The molecule has 49 heavy (non-hydrogen) atoms. The van der Waals surface area contributed by atoms with Crippen molar-refractivity contribution >= 4 is 42.7 Å². The monoisotopic (exact) mass is 673 g/mol. The number of hydrogen-bond donors (Lipinski definition) is 0. The van der Waals surface area contributed by atoms with E-state index in [9.17, 15) is 0 Å². The van der Waals surface area contributed by atoms with Crippen LogP contribution >= 0.6 is 8.60 Å². The largest absolute Gasteiger partial charge is 0.854 e. The fourth-order valence-electron chi connectivity index (χ4n) is 5.25. The van der Waals surface area contributed by atoms with Crippen molar-refractivity contribution in [3.8, 4) is 0 Å². The molecule has 6 aromatic rings. The van der Waals surface area contributed by atoms with E-state index in [1.807, 2.05) is 0 Å². The summed E-state index contributed by atoms with van der Waals surface area (Å²) in [5, 5.41) is 0. The van der Waals surface area contributed by atoms with E-state index in [1.165, 1.54) is 34.1 Å². The molecule has 0 saturated heterocycles. The average Bonchev–Trinajstić information content (AvgIpc) is 3.14. The highest BCUT2D eigenvalue weighted by atomic mass is 31.2. The highest BCUT2D eigenvalue weighted by molar-refractivity contribution is 7.33. The zero-order valence-corrected chi connectivity index (χ0v) is 30.2. The summed E-state index contributed by atoms with van der Waals surface area (Å²) >= 11 is 0. The summed E-state index contributed by atoms with van der Waals surface area (Å²) in [6.07, 6.45) is 0. The van der Waals surface area contributed by atoms with Gasteiger partial charge in [-0.2, -0.15) is 0 Å². The molecular weight excluding hydrogens is 625 g/mol. The molecule has 7 heteroatoms. The van der Waals surface area contributed by atoms with E-state index in [-0.39, 0.29) is 0 Å². The van der Waals surface area contributed by atoms with Crippen molar-refractivity contribution in [3.05, 3.63) is 182 Å². The van der Waals surface area contributed by atoms with Gasteiger partial charge in [0.1, 0.15) is 34.1 Å². The molecule has 0 radical (unpaired) electrons. The second-order valence-corrected chi connectivity index (χ2v) is 13.0. The standard InChI is InChI=1S/3C14H16N.O3P/c3*1-15(2,13-9-5-3-6-10-13)14-11-7-4-8-12-14;1-4(2)3/h3*3-12H,1-2H3;/q3*+1;-3. The minimum Gasteiger partial charge on any atom is -0.854 e. The molecule has 0 bridgehead atoms. The minimum atomic E-state index is -3.37. The van der Waals surface area contributed by atoms with Crippen LogP contribution in [-0.4, -0.2) is 42.3 Å². The van der Waals surface area contributed by atoms with Crippen LogP contribution in [0.15, 0.2) is 182 Å². The first-order valence-electron chi connectivity index (χ1n) is 16.0. The summed E-state index contributed by atoms with van der Waals surface area (Å²) in [4.78, 5) is 25.4. The Morgan fingerprint density at radius 3 is 0.469 bits per heavy atom. The summed E-state index contributed by atoms with van der Waals surface area (Å²) in [6.45, 7) is 0. The second kappa shape index (κ2) is 18.9. The number of rotatable bonds is 6. The maximum Gasteiger partial charge on any atom is 0.137 e. The summed E-state index contributed by atoms with van der Waals surface area (Å²) in [5.41, 5.74) is 7.77. The van der Waals surface area contributed by atoms with Gasteiger partial charge >= 0.3 is 0 Å².